The lowest BCUT2D eigenvalue weighted by molar-refractivity contribution is 0.0389. The van der Waals surface area contributed by atoms with E-state index >= 15 is 0 Å². The Kier molecular flexibility index (Phi) is 5.33. The number of carbonyl (C=O) groups excluding carboxylic acids is 1. The third kappa shape index (κ3) is 3.68. The Morgan fingerprint density at radius 1 is 1.38 bits per heavy atom. The quantitative estimate of drug-likeness (QED) is 0.793. The number of morpholine rings is 1. The topological polar surface area (TPSA) is 51.7 Å². The zero-order valence-electron chi connectivity index (χ0n) is 13.4. The van der Waals surface area contributed by atoms with Gasteiger partial charge in [0.05, 0.1) is 13.2 Å². The minimum atomic E-state index is -0.352. The van der Waals surface area contributed by atoms with Crippen LogP contribution in [-0.4, -0.2) is 37.3 Å². The van der Waals surface area contributed by atoms with Crippen LogP contribution in [0.3, 0.4) is 0 Å². The molecule has 2 heterocycles. The third-order valence-electron chi connectivity index (χ3n) is 3.89. The Bertz CT molecular complexity index is 706. The molecule has 0 radical (unpaired) electrons. The number of rotatable bonds is 4. The molecule has 3 rings (SSSR count). The van der Waals surface area contributed by atoms with E-state index in [1.54, 1.807) is 25.3 Å². The van der Waals surface area contributed by atoms with Crippen molar-refractivity contribution in [1.29, 1.82) is 0 Å². The van der Waals surface area contributed by atoms with Crippen LogP contribution < -0.4 is 4.90 Å². The molecular weight excluding hydrogens is 328 g/mol. The van der Waals surface area contributed by atoms with Crippen molar-refractivity contribution in [1.82, 2.24) is 4.98 Å². The monoisotopic (exact) mass is 346 g/mol. The maximum absolute atomic E-state index is 12.2. The van der Waals surface area contributed by atoms with E-state index in [0.29, 0.717) is 42.7 Å². The molecule has 0 N–H and O–H groups in total. The maximum atomic E-state index is 12.2. The first-order valence-electron chi connectivity index (χ1n) is 7.93. The zero-order chi connectivity index (χ0) is 16.9. The van der Waals surface area contributed by atoms with Crippen LogP contribution in [0.2, 0.25) is 5.02 Å². The second-order valence-corrected chi connectivity index (χ2v) is 5.89. The molecule has 1 fully saturated rings. The summed E-state index contributed by atoms with van der Waals surface area (Å²) in [6.45, 7) is 3.98. The van der Waals surface area contributed by atoms with Crippen LogP contribution in [0.1, 0.15) is 28.9 Å². The van der Waals surface area contributed by atoms with Crippen molar-refractivity contribution in [2.75, 3.05) is 31.2 Å². The summed E-state index contributed by atoms with van der Waals surface area (Å²) in [5.41, 5.74) is 1.54. The summed E-state index contributed by atoms with van der Waals surface area (Å²) in [5.74, 6) is 0.286. The van der Waals surface area contributed by atoms with Crippen LogP contribution in [0.25, 0.3) is 0 Å². The van der Waals surface area contributed by atoms with E-state index in [4.69, 9.17) is 21.1 Å². The summed E-state index contributed by atoms with van der Waals surface area (Å²) >= 11 is 5.95. The van der Waals surface area contributed by atoms with E-state index in [2.05, 4.69) is 9.88 Å². The number of aromatic nitrogens is 1. The summed E-state index contributed by atoms with van der Waals surface area (Å²) in [7, 11) is 0. The highest BCUT2D eigenvalue weighted by Gasteiger charge is 2.26. The molecule has 1 aromatic heterocycles. The number of nitrogens with zero attached hydrogens (tertiary/aromatic N) is 2. The summed E-state index contributed by atoms with van der Waals surface area (Å²) in [5, 5.41) is 0.695. The summed E-state index contributed by atoms with van der Waals surface area (Å²) in [6, 6.07) is 11.1. The number of esters is 1. The number of pyridine rings is 1. The SMILES string of the molecule is CCOC(=O)c1cccnc1N1CCO[C@@H](c2ccc(Cl)cc2)C1. The molecule has 1 aliphatic heterocycles. The molecule has 0 saturated carbocycles. The fourth-order valence-electron chi connectivity index (χ4n) is 2.74. The highest BCUT2D eigenvalue weighted by molar-refractivity contribution is 6.30. The molecule has 0 unspecified atom stereocenters. The number of benzene rings is 1. The number of carbonyl (C=O) groups is 1. The third-order valence-corrected chi connectivity index (χ3v) is 4.14. The lowest BCUT2D eigenvalue weighted by atomic mass is 10.1. The average Bonchev–Trinajstić information content (AvgIpc) is 2.63. The van der Waals surface area contributed by atoms with E-state index < -0.39 is 0 Å². The van der Waals surface area contributed by atoms with Crippen LogP contribution in [0.4, 0.5) is 5.82 Å². The van der Waals surface area contributed by atoms with E-state index in [0.717, 1.165) is 5.56 Å². The van der Waals surface area contributed by atoms with Gasteiger partial charge >= 0.3 is 5.97 Å². The Hall–Kier alpha value is -2.11. The molecule has 0 spiro atoms. The summed E-state index contributed by atoms with van der Waals surface area (Å²) in [4.78, 5) is 18.6. The molecule has 1 aromatic carbocycles. The van der Waals surface area contributed by atoms with Crippen molar-refractivity contribution < 1.29 is 14.3 Å². The lowest BCUT2D eigenvalue weighted by Crippen LogP contribution is -2.39. The fourth-order valence-corrected chi connectivity index (χ4v) is 2.86. The van der Waals surface area contributed by atoms with Gasteiger partial charge in [-0.05, 0) is 36.8 Å². The van der Waals surface area contributed by atoms with Crippen molar-refractivity contribution in [3.8, 4) is 0 Å². The lowest BCUT2D eigenvalue weighted by Gasteiger charge is -2.34. The first-order valence-corrected chi connectivity index (χ1v) is 8.31. The van der Waals surface area contributed by atoms with Crippen LogP contribution in [0.5, 0.6) is 0 Å². The molecule has 1 aliphatic rings. The molecule has 0 aliphatic carbocycles. The standard InChI is InChI=1S/C18H19ClN2O3/c1-2-23-18(22)15-4-3-9-20-17(15)21-10-11-24-16(12-21)13-5-7-14(19)8-6-13/h3-9,16H,2,10-12H2,1H3/t16-/m1/s1. The van der Waals surface area contributed by atoms with Gasteiger partial charge in [-0.3, -0.25) is 0 Å². The van der Waals surface area contributed by atoms with Crippen LogP contribution in [-0.2, 0) is 9.47 Å². The van der Waals surface area contributed by atoms with Crippen molar-refractivity contribution >= 4 is 23.4 Å². The van der Waals surface area contributed by atoms with Crippen molar-refractivity contribution in [2.45, 2.75) is 13.0 Å². The largest absolute Gasteiger partial charge is 0.462 e. The van der Waals surface area contributed by atoms with Gasteiger partial charge in [0.25, 0.3) is 0 Å². The summed E-state index contributed by atoms with van der Waals surface area (Å²) < 4.78 is 11.0. The first-order chi connectivity index (χ1) is 11.7. The molecule has 6 heteroatoms. The van der Waals surface area contributed by atoms with Crippen molar-refractivity contribution in [3.63, 3.8) is 0 Å². The summed E-state index contributed by atoms with van der Waals surface area (Å²) in [6.07, 6.45) is 1.60. The van der Waals surface area contributed by atoms with Gasteiger partial charge in [0.15, 0.2) is 0 Å². The predicted molar refractivity (Wildman–Crippen MR) is 92.6 cm³/mol. The van der Waals surface area contributed by atoms with Gasteiger partial charge in [0.1, 0.15) is 17.5 Å². The van der Waals surface area contributed by atoms with Gasteiger partial charge in [-0.25, -0.2) is 9.78 Å². The molecule has 1 saturated heterocycles. The number of halogens is 1. The fraction of sp³-hybridized carbons (Fsp3) is 0.333. The molecular formula is C18H19ClN2O3. The Morgan fingerprint density at radius 3 is 2.92 bits per heavy atom. The number of hydrogen-bond donors (Lipinski definition) is 0. The predicted octanol–water partition coefficient (Wildman–Crippen LogP) is 3.49. The highest BCUT2D eigenvalue weighted by Crippen LogP contribution is 2.28. The van der Waals surface area contributed by atoms with E-state index in [9.17, 15) is 4.79 Å². The second kappa shape index (κ2) is 7.64. The van der Waals surface area contributed by atoms with E-state index in [-0.39, 0.29) is 12.1 Å². The Labute approximate surface area is 146 Å². The number of ether oxygens (including phenoxy) is 2. The highest BCUT2D eigenvalue weighted by atomic mass is 35.5. The molecule has 126 valence electrons. The molecule has 24 heavy (non-hydrogen) atoms. The number of anilines is 1. The van der Waals surface area contributed by atoms with E-state index in [1.165, 1.54) is 0 Å². The zero-order valence-corrected chi connectivity index (χ0v) is 14.2. The molecule has 2 aromatic rings. The average molecular weight is 347 g/mol. The Morgan fingerprint density at radius 2 is 2.17 bits per heavy atom. The minimum Gasteiger partial charge on any atom is -0.462 e. The van der Waals surface area contributed by atoms with Gasteiger partial charge in [-0.2, -0.15) is 0 Å². The van der Waals surface area contributed by atoms with Crippen LogP contribution in [0, 0.1) is 0 Å². The molecule has 1 atom stereocenters. The van der Waals surface area contributed by atoms with Gasteiger partial charge in [-0.1, -0.05) is 23.7 Å². The minimum absolute atomic E-state index is 0.0898. The van der Waals surface area contributed by atoms with Crippen LogP contribution in [0.15, 0.2) is 42.6 Å². The molecule has 0 amide bonds. The normalized spacial score (nSPS) is 17.6. The first kappa shape index (κ1) is 16.7. The van der Waals surface area contributed by atoms with Gasteiger partial charge in [0, 0.05) is 24.3 Å². The van der Waals surface area contributed by atoms with Gasteiger partial charge < -0.3 is 14.4 Å². The van der Waals surface area contributed by atoms with Crippen molar-refractivity contribution in [2.24, 2.45) is 0 Å². The Balaban J connectivity index is 1.82. The smallest absolute Gasteiger partial charge is 0.341 e. The van der Waals surface area contributed by atoms with E-state index in [1.807, 2.05) is 24.3 Å². The van der Waals surface area contributed by atoms with Crippen LogP contribution >= 0.6 is 11.6 Å². The molecule has 0 bridgehead atoms. The maximum Gasteiger partial charge on any atom is 0.341 e. The van der Waals surface area contributed by atoms with Gasteiger partial charge in [-0.15, -0.1) is 0 Å². The number of hydrogen-bond acceptors (Lipinski definition) is 5. The second-order valence-electron chi connectivity index (χ2n) is 5.45. The van der Waals surface area contributed by atoms with Crippen molar-refractivity contribution in [3.05, 3.63) is 58.7 Å². The molecule has 5 nitrogen and oxygen atoms in total. The van der Waals surface area contributed by atoms with Gasteiger partial charge in [0.2, 0.25) is 0 Å².